The Hall–Kier alpha value is -3.12. The normalized spacial score (nSPS) is 16.2. The summed E-state index contributed by atoms with van der Waals surface area (Å²) < 4.78 is 27.7. The third kappa shape index (κ3) is 4.03. The van der Waals surface area contributed by atoms with Gasteiger partial charge in [0, 0.05) is 23.5 Å². The number of nitrogens with one attached hydrogen (secondary N) is 1. The SMILES string of the molecule is CC1Cc2ccccc2N(C(=O)c2ccc(S(=O)(=O)Nc3ccccc3)cc2)C1. The van der Waals surface area contributed by atoms with Crippen LogP contribution >= 0.6 is 0 Å². The van der Waals surface area contributed by atoms with Gasteiger partial charge in [-0.2, -0.15) is 0 Å². The van der Waals surface area contributed by atoms with Crippen molar-refractivity contribution in [3.63, 3.8) is 0 Å². The molecule has 1 aliphatic rings. The summed E-state index contributed by atoms with van der Waals surface area (Å²) in [5.41, 5.74) is 3.04. The van der Waals surface area contributed by atoms with Crippen molar-refractivity contribution in [1.29, 1.82) is 0 Å². The predicted octanol–water partition coefficient (Wildman–Crippen LogP) is 4.33. The first-order valence-electron chi connectivity index (χ1n) is 9.52. The van der Waals surface area contributed by atoms with Crippen LogP contribution in [0.15, 0.2) is 83.8 Å². The van der Waals surface area contributed by atoms with Gasteiger partial charge in [0.25, 0.3) is 15.9 Å². The van der Waals surface area contributed by atoms with Crippen LogP contribution in [-0.4, -0.2) is 20.9 Å². The van der Waals surface area contributed by atoms with Crippen molar-refractivity contribution < 1.29 is 13.2 Å². The Kier molecular flexibility index (Phi) is 5.11. The van der Waals surface area contributed by atoms with E-state index in [1.165, 1.54) is 12.1 Å². The Morgan fingerprint density at radius 1 is 0.931 bits per heavy atom. The number of nitrogens with zero attached hydrogens (tertiary/aromatic N) is 1. The second-order valence-corrected chi connectivity index (χ2v) is 9.03. The van der Waals surface area contributed by atoms with E-state index in [1.54, 1.807) is 41.3 Å². The Bertz CT molecular complexity index is 1130. The molecule has 0 aliphatic carbocycles. The maximum absolute atomic E-state index is 13.1. The van der Waals surface area contributed by atoms with Gasteiger partial charge in [-0.25, -0.2) is 8.42 Å². The van der Waals surface area contributed by atoms with Gasteiger partial charge in [-0.15, -0.1) is 0 Å². The Labute approximate surface area is 171 Å². The number of rotatable bonds is 4. The van der Waals surface area contributed by atoms with E-state index < -0.39 is 10.0 Å². The lowest BCUT2D eigenvalue weighted by atomic mass is 9.93. The molecule has 1 amide bonds. The Balaban J connectivity index is 1.57. The van der Waals surface area contributed by atoms with Gasteiger partial charge >= 0.3 is 0 Å². The van der Waals surface area contributed by atoms with Gasteiger partial charge in [-0.05, 0) is 60.4 Å². The fraction of sp³-hybridized carbons (Fsp3) is 0.174. The van der Waals surface area contributed by atoms with Crippen LogP contribution in [0.4, 0.5) is 11.4 Å². The molecule has 5 nitrogen and oxygen atoms in total. The molecule has 148 valence electrons. The molecule has 1 atom stereocenters. The van der Waals surface area contributed by atoms with Crippen LogP contribution < -0.4 is 9.62 Å². The number of hydrogen-bond acceptors (Lipinski definition) is 3. The van der Waals surface area contributed by atoms with Gasteiger partial charge in [-0.3, -0.25) is 9.52 Å². The number of amides is 1. The molecular weight excluding hydrogens is 384 g/mol. The quantitative estimate of drug-likeness (QED) is 0.701. The second kappa shape index (κ2) is 7.72. The molecule has 1 aliphatic heterocycles. The highest BCUT2D eigenvalue weighted by atomic mass is 32.2. The first-order valence-corrected chi connectivity index (χ1v) is 11.0. The highest BCUT2D eigenvalue weighted by Crippen LogP contribution is 2.30. The molecule has 4 rings (SSSR count). The molecule has 3 aromatic carbocycles. The highest BCUT2D eigenvalue weighted by Gasteiger charge is 2.27. The highest BCUT2D eigenvalue weighted by molar-refractivity contribution is 7.92. The van der Waals surface area contributed by atoms with E-state index in [9.17, 15) is 13.2 Å². The lowest BCUT2D eigenvalue weighted by molar-refractivity contribution is 0.0981. The van der Waals surface area contributed by atoms with Crippen LogP contribution in [0.1, 0.15) is 22.8 Å². The number of carbonyl (C=O) groups is 1. The van der Waals surface area contributed by atoms with E-state index in [-0.39, 0.29) is 10.8 Å². The van der Waals surface area contributed by atoms with Crippen LogP contribution in [0.25, 0.3) is 0 Å². The number of fused-ring (bicyclic) bond motifs is 1. The maximum atomic E-state index is 13.1. The van der Waals surface area contributed by atoms with Crippen molar-refractivity contribution in [2.24, 2.45) is 5.92 Å². The largest absolute Gasteiger partial charge is 0.308 e. The molecule has 1 heterocycles. The minimum atomic E-state index is -3.71. The summed E-state index contributed by atoms with van der Waals surface area (Å²) in [7, 11) is -3.71. The number of para-hydroxylation sites is 2. The van der Waals surface area contributed by atoms with Gasteiger partial charge in [0.05, 0.1) is 4.90 Å². The summed E-state index contributed by atoms with van der Waals surface area (Å²) in [6.45, 7) is 2.77. The molecule has 0 radical (unpaired) electrons. The summed E-state index contributed by atoms with van der Waals surface area (Å²) >= 11 is 0. The van der Waals surface area contributed by atoms with E-state index in [0.717, 1.165) is 17.7 Å². The average molecular weight is 407 g/mol. The van der Waals surface area contributed by atoms with Crippen molar-refractivity contribution in [3.05, 3.63) is 90.0 Å². The molecule has 29 heavy (non-hydrogen) atoms. The third-order valence-electron chi connectivity index (χ3n) is 5.03. The molecule has 6 heteroatoms. The summed E-state index contributed by atoms with van der Waals surface area (Å²) in [5, 5.41) is 0. The van der Waals surface area contributed by atoms with Gasteiger partial charge in [-0.1, -0.05) is 43.3 Å². The molecule has 0 aromatic heterocycles. The van der Waals surface area contributed by atoms with Crippen LogP contribution in [0.5, 0.6) is 0 Å². The van der Waals surface area contributed by atoms with Gasteiger partial charge in [0.15, 0.2) is 0 Å². The second-order valence-electron chi connectivity index (χ2n) is 7.35. The fourth-order valence-corrected chi connectivity index (χ4v) is 4.70. The third-order valence-corrected chi connectivity index (χ3v) is 6.42. The van der Waals surface area contributed by atoms with Crippen LogP contribution in [0, 0.1) is 5.92 Å². The van der Waals surface area contributed by atoms with Crippen molar-refractivity contribution in [3.8, 4) is 0 Å². The van der Waals surface area contributed by atoms with Crippen LogP contribution in [0.3, 0.4) is 0 Å². The zero-order valence-corrected chi connectivity index (χ0v) is 16.9. The first kappa shape index (κ1) is 19.2. The summed E-state index contributed by atoms with van der Waals surface area (Å²) in [5.74, 6) is 0.243. The number of sulfonamides is 1. The monoisotopic (exact) mass is 406 g/mol. The zero-order valence-electron chi connectivity index (χ0n) is 16.1. The number of benzene rings is 3. The number of carbonyl (C=O) groups excluding carboxylic acids is 1. The van der Waals surface area contributed by atoms with Crippen LogP contribution in [-0.2, 0) is 16.4 Å². The zero-order chi connectivity index (χ0) is 20.4. The summed E-state index contributed by atoms with van der Waals surface area (Å²) in [4.78, 5) is 15.0. The number of anilines is 2. The van der Waals surface area contributed by atoms with Crippen LogP contribution in [0.2, 0.25) is 0 Å². The smallest absolute Gasteiger partial charge is 0.261 e. The predicted molar refractivity (Wildman–Crippen MR) is 115 cm³/mol. The molecule has 0 saturated heterocycles. The average Bonchev–Trinajstić information content (AvgIpc) is 2.73. The molecule has 0 bridgehead atoms. The molecule has 1 N–H and O–H groups in total. The number of hydrogen-bond donors (Lipinski definition) is 1. The molecular formula is C23H22N2O3S. The summed E-state index contributed by atoms with van der Waals surface area (Å²) in [6.07, 6.45) is 0.947. The molecule has 3 aromatic rings. The van der Waals surface area contributed by atoms with Crippen molar-refractivity contribution >= 4 is 27.3 Å². The minimum Gasteiger partial charge on any atom is -0.308 e. The van der Waals surface area contributed by atoms with Gasteiger partial charge in [0.1, 0.15) is 0 Å². The maximum Gasteiger partial charge on any atom is 0.261 e. The molecule has 1 unspecified atom stereocenters. The lowest BCUT2D eigenvalue weighted by Gasteiger charge is -2.33. The van der Waals surface area contributed by atoms with Gasteiger partial charge in [0.2, 0.25) is 0 Å². The fourth-order valence-electron chi connectivity index (χ4n) is 3.64. The van der Waals surface area contributed by atoms with E-state index in [0.29, 0.717) is 23.7 Å². The Morgan fingerprint density at radius 2 is 1.59 bits per heavy atom. The molecule has 0 saturated carbocycles. The topological polar surface area (TPSA) is 66.5 Å². The standard InChI is InChI=1S/C23H22N2O3S/c1-17-15-19-7-5-6-10-22(19)25(16-17)23(26)18-11-13-21(14-12-18)29(27,28)24-20-8-3-2-4-9-20/h2-14,17,24H,15-16H2,1H3. The molecule has 0 spiro atoms. The van der Waals surface area contributed by atoms with E-state index in [4.69, 9.17) is 0 Å². The van der Waals surface area contributed by atoms with Crippen molar-refractivity contribution in [2.45, 2.75) is 18.2 Å². The van der Waals surface area contributed by atoms with E-state index >= 15 is 0 Å². The minimum absolute atomic E-state index is 0.116. The van der Waals surface area contributed by atoms with Crippen molar-refractivity contribution in [1.82, 2.24) is 0 Å². The van der Waals surface area contributed by atoms with E-state index in [2.05, 4.69) is 17.7 Å². The molecule has 0 fully saturated rings. The first-order chi connectivity index (χ1) is 13.9. The Morgan fingerprint density at radius 3 is 2.31 bits per heavy atom. The van der Waals surface area contributed by atoms with Crippen molar-refractivity contribution in [2.75, 3.05) is 16.2 Å². The van der Waals surface area contributed by atoms with E-state index in [1.807, 2.05) is 24.3 Å². The van der Waals surface area contributed by atoms with Gasteiger partial charge < -0.3 is 4.90 Å². The summed E-state index contributed by atoms with van der Waals surface area (Å²) in [6, 6.07) is 22.7. The lowest BCUT2D eigenvalue weighted by Crippen LogP contribution is -2.39.